The van der Waals surface area contributed by atoms with E-state index in [2.05, 4.69) is 89.4 Å². The van der Waals surface area contributed by atoms with Crippen LogP contribution in [0.4, 0.5) is 11.4 Å². The predicted octanol–water partition coefficient (Wildman–Crippen LogP) is 17.5. The van der Waals surface area contributed by atoms with Gasteiger partial charge in [-0.05, 0) is 85.8 Å². The van der Waals surface area contributed by atoms with Crippen LogP contribution in [0.2, 0.25) is 0 Å². The Bertz CT molecular complexity index is 1220. The quantitative estimate of drug-likeness (QED) is 0.0236. The molecule has 2 aromatic carbocycles. The van der Waals surface area contributed by atoms with Gasteiger partial charge in [0.05, 0.1) is 0 Å². The van der Waals surface area contributed by atoms with E-state index in [0.29, 0.717) is 8.64 Å². The Balaban J connectivity index is 0.00000112. The summed E-state index contributed by atoms with van der Waals surface area (Å²) in [4.78, 5) is 0. The van der Waals surface area contributed by atoms with Gasteiger partial charge in [-0.25, -0.2) is 0 Å². The fourth-order valence-electron chi connectivity index (χ4n) is 7.94. The Labute approximate surface area is 411 Å². The van der Waals surface area contributed by atoms with Crippen molar-refractivity contribution in [2.45, 2.75) is 233 Å². The van der Waals surface area contributed by atoms with Gasteiger partial charge in [0.25, 0.3) is 0 Å². The van der Waals surface area contributed by atoms with Crippen molar-refractivity contribution in [3.05, 3.63) is 58.7 Å². The zero-order chi connectivity index (χ0) is 42.6. The summed E-state index contributed by atoms with van der Waals surface area (Å²) in [5, 5.41) is 0. The van der Waals surface area contributed by atoms with Crippen molar-refractivity contribution in [1.82, 2.24) is 0 Å². The molecule has 0 aliphatic rings. The SMILES string of the molecule is CCCCCCCCCc1cccc(N([S-])C(=S)S)c1CCCCCCCCC.CCCCCCCCCc1cccc(N([S-])C(=S)S)c1CCCCCCCCC.[Zn+2]. The van der Waals surface area contributed by atoms with Crippen molar-refractivity contribution in [3.63, 3.8) is 0 Å². The molecule has 0 heterocycles. The van der Waals surface area contributed by atoms with Crippen LogP contribution in [0.3, 0.4) is 0 Å². The number of aryl methyl sites for hydroxylation is 2. The second kappa shape index (κ2) is 41.0. The molecule has 0 N–H and O–H groups in total. The van der Waals surface area contributed by atoms with E-state index < -0.39 is 0 Å². The van der Waals surface area contributed by atoms with Crippen LogP contribution in [0, 0.1) is 0 Å². The second-order valence-electron chi connectivity index (χ2n) is 16.5. The number of nitrogens with zero attached hydrogens (tertiary/aromatic N) is 2. The van der Waals surface area contributed by atoms with E-state index in [1.165, 1.54) is 202 Å². The minimum Gasteiger partial charge on any atom is -0.659 e. The number of benzene rings is 2. The molecule has 0 bridgehead atoms. The fraction of sp³-hybridized carbons (Fsp3) is 0.720. The van der Waals surface area contributed by atoms with E-state index in [9.17, 15) is 0 Å². The van der Waals surface area contributed by atoms with Crippen LogP contribution in [-0.4, -0.2) is 8.64 Å². The van der Waals surface area contributed by atoms with Crippen LogP contribution >= 0.6 is 49.7 Å². The summed E-state index contributed by atoms with van der Waals surface area (Å²) in [6, 6.07) is 13.1. The molecule has 0 aliphatic carbocycles. The first-order chi connectivity index (χ1) is 28.2. The molecule has 0 amide bonds. The van der Waals surface area contributed by atoms with E-state index in [-0.39, 0.29) is 19.5 Å². The predicted molar refractivity (Wildman–Crippen MR) is 283 cm³/mol. The number of rotatable bonds is 34. The van der Waals surface area contributed by atoms with Crippen LogP contribution in [0.15, 0.2) is 36.4 Å². The Morgan fingerprint density at radius 2 is 0.644 bits per heavy atom. The van der Waals surface area contributed by atoms with Gasteiger partial charge in [-0.1, -0.05) is 230 Å². The van der Waals surface area contributed by atoms with Crippen LogP contribution in [0.1, 0.15) is 230 Å². The third-order valence-corrected chi connectivity index (χ3v) is 13.5. The molecule has 2 nitrogen and oxygen atoms in total. The zero-order valence-electron chi connectivity index (χ0n) is 38.2. The van der Waals surface area contributed by atoms with Gasteiger partial charge < -0.3 is 34.2 Å². The zero-order valence-corrected chi connectivity index (χ0v) is 46.2. The molecule has 59 heavy (non-hydrogen) atoms. The largest absolute Gasteiger partial charge is 2.00 e. The summed E-state index contributed by atoms with van der Waals surface area (Å²) in [6.45, 7) is 9.10. The van der Waals surface area contributed by atoms with Gasteiger partial charge in [-0.2, -0.15) is 0 Å². The van der Waals surface area contributed by atoms with E-state index in [1.54, 1.807) is 8.61 Å². The maximum absolute atomic E-state index is 5.53. The molecular weight excluding hydrogens is 886 g/mol. The molecule has 0 aliphatic heterocycles. The molecule has 0 fully saturated rings. The third-order valence-electron chi connectivity index (χ3n) is 11.4. The average Bonchev–Trinajstić information content (AvgIpc) is 3.22. The maximum atomic E-state index is 5.53. The molecule has 2 rings (SSSR count). The van der Waals surface area contributed by atoms with E-state index in [4.69, 9.17) is 50.1 Å². The standard InChI is InChI=1S/2C25H42NS3.Zn/c2*1-3-5-7-9-11-13-15-18-22-19-17-21-24(26(29)25(27)28)23(22)20-16-14-12-10-8-6-4-2;/h2*17,19,21H,3-16,18,20H2,1-2H3,(H,27,28);/q2*-1;+2. The molecule has 2 aromatic rings. The summed E-state index contributed by atoms with van der Waals surface area (Å²) < 4.78 is 4.25. The number of thiol groups is 2. The maximum Gasteiger partial charge on any atom is 2.00 e. The topological polar surface area (TPSA) is 6.48 Å². The molecule has 9 heteroatoms. The van der Waals surface area contributed by atoms with Gasteiger partial charge in [-0.15, -0.1) is 25.3 Å². The smallest absolute Gasteiger partial charge is 0.659 e. The molecule has 332 valence electrons. The first-order valence-electron chi connectivity index (χ1n) is 23.8. The third kappa shape index (κ3) is 28.6. The number of thiocarbonyl (C=S) groups is 2. The summed E-state index contributed by atoms with van der Waals surface area (Å²) >= 11 is 30.2. The summed E-state index contributed by atoms with van der Waals surface area (Å²) in [5.41, 5.74) is 7.87. The normalized spacial score (nSPS) is 10.8. The van der Waals surface area contributed by atoms with E-state index >= 15 is 0 Å². The first kappa shape index (κ1) is 59.2. The first-order valence-corrected chi connectivity index (χ1v) is 26.3. The summed E-state index contributed by atoms with van der Waals surface area (Å²) in [7, 11) is 0. The second-order valence-corrected chi connectivity index (χ2v) is 19.4. The van der Waals surface area contributed by atoms with Gasteiger partial charge in [0, 0.05) is 11.4 Å². The molecule has 0 aromatic heterocycles. The van der Waals surface area contributed by atoms with Crippen molar-refractivity contribution in [1.29, 1.82) is 0 Å². The van der Waals surface area contributed by atoms with Crippen LogP contribution in [0.25, 0.3) is 0 Å². The molecule has 0 unspecified atom stereocenters. The van der Waals surface area contributed by atoms with E-state index in [0.717, 1.165) is 37.1 Å². The Kier molecular flexibility index (Phi) is 41.1. The number of unbranched alkanes of at least 4 members (excludes halogenated alkanes) is 24. The number of hydrogen-bond donors (Lipinski definition) is 2. The van der Waals surface area contributed by atoms with Gasteiger partial charge >= 0.3 is 19.5 Å². The Morgan fingerprint density at radius 1 is 0.407 bits per heavy atom. The minimum absolute atomic E-state index is 0. The van der Waals surface area contributed by atoms with Crippen molar-refractivity contribution in [2.24, 2.45) is 0 Å². The average molecular weight is 971 g/mol. The molecular formula is C50H84N2S6Zn. The molecule has 0 saturated carbocycles. The fourth-order valence-corrected chi connectivity index (χ4v) is 8.69. The van der Waals surface area contributed by atoms with Crippen molar-refractivity contribution in [2.75, 3.05) is 8.61 Å². The van der Waals surface area contributed by atoms with Gasteiger partial charge in [0.2, 0.25) is 0 Å². The summed E-state index contributed by atoms with van der Waals surface area (Å²) in [6.07, 6.45) is 42.0. The van der Waals surface area contributed by atoms with E-state index in [1.807, 2.05) is 0 Å². The van der Waals surface area contributed by atoms with Crippen molar-refractivity contribution in [3.8, 4) is 0 Å². The Hall–Kier alpha value is 0.243. The van der Waals surface area contributed by atoms with Crippen LogP contribution in [0.5, 0.6) is 0 Å². The van der Waals surface area contributed by atoms with Crippen molar-refractivity contribution < 1.29 is 19.5 Å². The van der Waals surface area contributed by atoms with Crippen LogP contribution in [-0.2, 0) is 70.8 Å². The van der Waals surface area contributed by atoms with Crippen molar-refractivity contribution >= 4 is 95.3 Å². The number of hydrogen-bond acceptors (Lipinski definition) is 4. The van der Waals surface area contributed by atoms with Gasteiger partial charge in [0.1, 0.15) is 8.64 Å². The Morgan fingerprint density at radius 3 is 0.898 bits per heavy atom. The molecule has 0 atom stereocenters. The van der Waals surface area contributed by atoms with Gasteiger partial charge in [-0.3, -0.25) is 0 Å². The monoisotopic (exact) mass is 968 g/mol. The minimum atomic E-state index is 0. The molecule has 0 saturated heterocycles. The summed E-state index contributed by atoms with van der Waals surface area (Å²) in [5.74, 6) is 0. The molecule has 0 radical (unpaired) electrons. The molecule has 0 spiro atoms. The van der Waals surface area contributed by atoms with Gasteiger partial charge in [0.15, 0.2) is 0 Å². The van der Waals surface area contributed by atoms with Crippen LogP contribution < -0.4 is 8.61 Å². The number of anilines is 2.